The van der Waals surface area contributed by atoms with Gasteiger partial charge in [0.25, 0.3) is 0 Å². The minimum atomic E-state index is -0.937. The fourth-order valence-corrected chi connectivity index (χ4v) is 2.02. The Labute approximate surface area is 106 Å². The average molecular weight is 248 g/mol. The largest absolute Gasteiger partial charge is 0.385 e. The van der Waals surface area contributed by atoms with Crippen molar-refractivity contribution in [1.29, 1.82) is 0 Å². The zero-order valence-electron chi connectivity index (χ0n) is 9.60. The quantitative estimate of drug-likeness (QED) is 0.904. The lowest BCUT2D eigenvalue weighted by Gasteiger charge is -2.24. The number of pyridine rings is 1. The Morgan fingerprint density at radius 2 is 2.12 bits per heavy atom. The van der Waals surface area contributed by atoms with Crippen molar-refractivity contribution in [3.63, 3.8) is 0 Å². The van der Waals surface area contributed by atoms with Crippen molar-refractivity contribution < 1.29 is 5.11 Å². The van der Waals surface area contributed by atoms with E-state index in [0.29, 0.717) is 11.4 Å². The fourth-order valence-electron chi connectivity index (χ4n) is 1.83. The molecule has 1 heterocycles. The molecule has 0 fully saturated rings. The van der Waals surface area contributed by atoms with E-state index in [0.717, 1.165) is 11.1 Å². The van der Waals surface area contributed by atoms with E-state index in [-0.39, 0.29) is 0 Å². The molecule has 1 aromatic carbocycles. The number of benzene rings is 1. The summed E-state index contributed by atoms with van der Waals surface area (Å²) in [7, 11) is 0. The highest BCUT2D eigenvalue weighted by Gasteiger charge is 2.23. The van der Waals surface area contributed by atoms with Crippen molar-refractivity contribution in [2.24, 2.45) is 0 Å². The Kier molecular flexibility index (Phi) is 3.46. The molecule has 0 aliphatic carbocycles. The van der Waals surface area contributed by atoms with Crippen molar-refractivity contribution in [3.05, 3.63) is 64.9 Å². The summed E-state index contributed by atoms with van der Waals surface area (Å²) in [6.45, 7) is 1.78. The fraction of sp³-hybridized carbons (Fsp3) is 0.214. The molecule has 0 spiro atoms. The summed E-state index contributed by atoms with van der Waals surface area (Å²) in [5.41, 5.74) is 0.875. The van der Waals surface area contributed by atoms with Gasteiger partial charge in [-0.2, -0.15) is 0 Å². The number of aromatic nitrogens is 1. The van der Waals surface area contributed by atoms with Crippen LogP contribution in [0.2, 0.25) is 5.02 Å². The van der Waals surface area contributed by atoms with Gasteiger partial charge >= 0.3 is 0 Å². The number of aliphatic hydroxyl groups is 1. The average Bonchev–Trinajstić information content (AvgIpc) is 2.30. The van der Waals surface area contributed by atoms with Gasteiger partial charge in [-0.1, -0.05) is 29.8 Å². The molecule has 2 nitrogen and oxygen atoms in total. The van der Waals surface area contributed by atoms with Crippen LogP contribution in [0.25, 0.3) is 0 Å². The molecule has 1 aromatic heterocycles. The molecule has 0 radical (unpaired) electrons. The normalized spacial score (nSPS) is 14.3. The van der Waals surface area contributed by atoms with Gasteiger partial charge in [-0.05, 0) is 36.2 Å². The van der Waals surface area contributed by atoms with E-state index in [4.69, 9.17) is 11.6 Å². The molecular formula is C14H14ClNO. The van der Waals surface area contributed by atoms with Crippen LogP contribution in [0, 0.1) is 0 Å². The number of rotatable bonds is 3. The number of nitrogens with zero attached hydrogens (tertiary/aromatic N) is 1. The Balaban J connectivity index is 2.25. The lowest BCUT2D eigenvalue weighted by molar-refractivity contribution is 0.0575. The van der Waals surface area contributed by atoms with Crippen LogP contribution in [0.1, 0.15) is 18.1 Å². The molecule has 2 rings (SSSR count). The zero-order chi connectivity index (χ0) is 12.3. The first kappa shape index (κ1) is 12.1. The maximum Gasteiger partial charge on any atom is 0.0909 e. The number of hydrogen-bond donors (Lipinski definition) is 1. The van der Waals surface area contributed by atoms with Crippen molar-refractivity contribution in [1.82, 2.24) is 4.98 Å². The maximum absolute atomic E-state index is 10.5. The summed E-state index contributed by atoms with van der Waals surface area (Å²) < 4.78 is 0. The number of halogens is 1. The molecule has 17 heavy (non-hydrogen) atoms. The van der Waals surface area contributed by atoms with E-state index in [1.54, 1.807) is 31.5 Å². The third-order valence-corrected chi connectivity index (χ3v) is 2.95. The van der Waals surface area contributed by atoms with Crippen LogP contribution >= 0.6 is 11.6 Å². The Hall–Kier alpha value is -1.38. The lowest BCUT2D eigenvalue weighted by atomic mass is 9.90. The molecule has 0 saturated heterocycles. The van der Waals surface area contributed by atoms with Gasteiger partial charge < -0.3 is 5.11 Å². The van der Waals surface area contributed by atoms with Crippen LogP contribution in [-0.4, -0.2) is 10.1 Å². The van der Waals surface area contributed by atoms with Crippen LogP contribution in [0.15, 0.2) is 48.8 Å². The molecule has 1 atom stereocenters. The SMILES string of the molecule is CC(O)(Cc1cccnc1)c1cccc(Cl)c1. The van der Waals surface area contributed by atoms with Gasteiger partial charge in [0.2, 0.25) is 0 Å². The van der Waals surface area contributed by atoms with Crippen LogP contribution in [0.3, 0.4) is 0 Å². The van der Waals surface area contributed by atoms with Crippen molar-refractivity contribution in [2.45, 2.75) is 18.9 Å². The molecule has 1 unspecified atom stereocenters. The van der Waals surface area contributed by atoms with Gasteiger partial charge in [0.15, 0.2) is 0 Å². The Bertz CT molecular complexity index is 497. The molecule has 1 N–H and O–H groups in total. The summed E-state index contributed by atoms with van der Waals surface area (Å²) in [5, 5.41) is 11.1. The second-order valence-corrected chi connectivity index (χ2v) is 4.76. The van der Waals surface area contributed by atoms with Gasteiger partial charge in [0.1, 0.15) is 0 Å². The third-order valence-electron chi connectivity index (χ3n) is 2.72. The highest BCUT2D eigenvalue weighted by atomic mass is 35.5. The molecule has 3 heteroatoms. The van der Waals surface area contributed by atoms with Gasteiger partial charge in [0.05, 0.1) is 5.60 Å². The van der Waals surface area contributed by atoms with E-state index >= 15 is 0 Å². The molecule has 0 bridgehead atoms. The molecule has 88 valence electrons. The van der Waals surface area contributed by atoms with Crippen LogP contribution in [0.4, 0.5) is 0 Å². The summed E-state index contributed by atoms with van der Waals surface area (Å²) >= 11 is 5.93. The summed E-state index contributed by atoms with van der Waals surface area (Å²) in [4.78, 5) is 4.04. The standard InChI is InChI=1S/C14H14ClNO/c1-14(17,9-11-4-3-7-16-10-11)12-5-2-6-13(15)8-12/h2-8,10,17H,9H2,1H3. The molecular weight excluding hydrogens is 234 g/mol. The van der Waals surface area contributed by atoms with Gasteiger partial charge in [-0.3, -0.25) is 4.98 Å². The van der Waals surface area contributed by atoms with Crippen LogP contribution in [-0.2, 0) is 12.0 Å². The van der Waals surface area contributed by atoms with E-state index < -0.39 is 5.60 Å². The predicted molar refractivity (Wildman–Crippen MR) is 69.0 cm³/mol. The monoisotopic (exact) mass is 247 g/mol. The van der Waals surface area contributed by atoms with Gasteiger partial charge in [-0.25, -0.2) is 0 Å². The second kappa shape index (κ2) is 4.86. The lowest BCUT2D eigenvalue weighted by Crippen LogP contribution is -2.24. The first-order chi connectivity index (χ1) is 8.08. The van der Waals surface area contributed by atoms with Crippen molar-refractivity contribution >= 4 is 11.6 Å². The summed E-state index contributed by atoms with van der Waals surface area (Å²) in [5.74, 6) is 0. The predicted octanol–water partition coefficient (Wildman–Crippen LogP) is 3.19. The first-order valence-corrected chi connectivity index (χ1v) is 5.83. The molecule has 0 amide bonds. The first-order valence-electron chi connectivity index (χ1n) is 5.45. The van der Waals surface area contributed by atoms with E-state index in [9.17, 15) is 5.11 Å². The second-order valence-electron chi connectivity index (χ2n) is 4.32. The highest BCUT2D eigenvalue weighted by molar-refractivity contribution is 6.30. The summed E-state index contributed by atoms with van der Waals surface area (Å²) in [6.07, 6.45) is 4.00. The Morgan fingerprint density at radius 1 is 1.29 bits per heavy atom. The third kappa shape index (κ3) is 3.05. The van der Waals surface area contributed by atoms with Gasteiger partial charge in [-0.15, -0.1) is 0 Å². The maximum atomic E-state index is 10.5. The molecule has 0 saturated carbocycles. The van der Waals surface area contributed by atoms with Crippen LogP contribution in [0.5, 0.6) is 0 Å². The van der Waals surface area contributed by atoms with Crippen molar-refractivity contribution in [2.75, 3.05) is 0 Å². The smallest absolute Gasteiger partial charge is 0.0909 e. The van der Waals surface area contributed by atoms with Gasteiger partial charge in [0, 0.05) is 23.8 Å². The van der Waals surface area contributed by atoms with E-state index in [1.165, 1.54) is 0 Å². The Morgan fingerprint density at radius 3 is 2.76 bits per heavy atom. The molecule has 0 aliphatic heterocycles. The molecule has 2 aromatic rings. The number of hydrogen-bond acceptors (Lipinski definition) is 2. The topological polar surface area (TPSA) is 33.1 Å². The highest BCUT2D eigenvalue weighted by Crippen LogP contribution is 2.26. The van der Waals surface area contributed by atoms with Crippen molar-refractivity contribution in [3.8, 4) is 0 Å². The van der Waals surface area contributed by atoms with E-state index in [2.05, 4.69) is 4.98 Å². The van der Waals surface area contributed by atoms with Crippen LogP contribution < -0.4 is 0 Å². The van der Waals surface area contributed by atoms with E-state index in [1.807, 2.05) is 24.3 Å². The summed E-state index contributed by atoms with van der Waals surface area (Å²) in [6, 6.07) is 11.1. The minimum absolute atomic E-state index is 0.515. The molecule has 0 aliphatic rings. The zero-order valence-corrected chi connectivity index (χ0v) is 10.4. The minimum Gasteiger partial charge on any atom is -0.385 e.